The van der Waals surface area contributed by atoms with Crippen LogP contribution in [0.4, 0.5) is 0 Å². The molecule has 0 aliphatic heterocycles. The molecule has 0 rings (SSSR count). The van der Waals surface area contributed by atoms with E-state index in [1.807, 2.05) is 0 Å². The number of carboxylic acid groups (broad SMARTS) is 2. The molecule has 0 aromatic rings. The first-order chi connectivity index (χ1) is 10.9. The molecular weight excluding hydrogens is 390 g/mol. The van der Waals surface area contributed by atoms with E-state index in [-0.39, 0.29) is 59.1 Å². The number of rotatable bonds is 6. The molecule has 0 radical (unpaired) electrons. The molecule has 0 aromatic heterocycles. The number of aliphatic hydroxyl groups excluding tert-OH is 4. The van der Waals surface area contributed by atoms with E-state index in [9.17, 15) is 39.0 Å². The number of carboxylic acids is 2. The number of carbonyl (C=O) groups is 6. The van der Waals surface area contributed by atoms with Crippen molar-refractivity contribution in [3.63, 3.8) is 0 Å². The Morgan fingerprint density at radius 3 is 1.00 bits per heavy atom. The van der Waals surface area contributed by atoms with Crippen molar-refractivity contribution in [2.24, 2.45) is 0 Å². The summed E-state index contributed by atoms with van der Waals surface area (Å²) in [5, 5.41) is 55.6. The van der Waals surface area contributed by atoms with Gasteiger partial charge in [-0.3, -0.25) is 0 Å². The monoisotopic (exact) mass is 398 g/mol. The van der Waals surface area contributed by atoms with Crippen LogP contribution in [0, 0.1) is 0 Å². The maximum atomic E-state index is 11.0. The third-order valence-corrected chi connectivity index (χ3v) is 2.12. The van der Waals surface area contributed by atoms with Crippen LogP contribution < -0.4 is 69.3 Å². The molecule has 4 unspecified atom stereocenters. The fraction of sp³-hybridized carbons (Fsp3) is 0.400. The standard InChI is InChI=1S/C10H10O14.2Na/c11-1(5(15)16)3(13)7(19)23-9(21)10(22)24-8(20)4(14)2(12)6(17)18;;/h1-4,11-14H,(H,15,16)(H,17,18);;/q;2*+1/p-2. The molecule has 134 valence electrons. The summed E-state index contributed by atoms with van der Waals surface area (Å²) in [5.74, 6) is -13.5. The molecule has 14 nitrogen and oxygen atoms in total. The maximum Gasteiger partial charge on any atom is 1.00 e. The molecule has 26 heavy (non-hydrogen) atoms. The Morgan fingerprint density at radius 1 is 0.577 bits per heavy atom. The summed E-state index contributed by atoms with van der Waals surface area (Å²) in [6.45, 7) is 0. The van der Waals surface area contributed by atoms with Crippen molar-refractivity contribution in [2.45, 2.75) is 24.4 Å². The predicted molar refractivity (Wildman–Crippen MR) is 56.2 cm³/mol. The summed E-state index contributed by atoms with van der Waals surface area (Å²) in [6.07, 6.45) is -11.3. The zero-order chi connectivity index (χ0) is 19.2. The molecule has 0 aromatic carbocycles. The zero-order valence-electron chi connectivity index (χ0n) is 13.2. The van der Waals surface area contributed by atoms with E-state index in [0.29, 0.717) is 0 Å². The van der Waals surface area contributed by atoms with E-state index in [0.717, 1.165) is 0 Å². The van der Waals surface area contributed by atoms with Gasteiger partial charge in [-0.1, -0.05) is 0 Å². The van der Waals surface area contributed by atoms with E-state index < -0.39 is 60.2 Å². The van der Waals surface area contributed by atoms with Gasteiger partial charge in [0, 0.05) is 0 Å². The number of ether oxygens (including phenoxy) is 2. The van der Waals surface area contributed by atoms with Gasteiger partial charge in [-0.25, -0.2) is 19.2 Å². The van der Waals surface area contributed by atoms with Gasteiger partial charge in [0.2, 0.25) is 0 Å². The van der Waals surface area contributed by atoms with Crippen LogP contribution in [0.2, 0.25) is 0 Å². The molecule has 0 heterocycles. The summed E-state index contributed by atoms with van der Waals surface area (Å²) >= 11 is 0. The second kappa shape index (κ2) is 13.3. The van der Waals surface area contributed by atoms with E-state index in [2.05, 4.69) is 9.47 Å². The van der Waals surface area contributed by atoms with Crippen LogP contribution >= 0.6 is 0 Å². The summed E-state index contributed by atoms with van der Waals surface area (Å²) < 4.78 is 7.11. The molecule has 0 saturated heterocycles. The van der Waals surface area contributed by atoms with Crippen LogP contribution in [0.1, 0.15) is 0 Å². The first kappa shape index (κ1) is 29.8. The summed E-state index contributed by atoms with van der Waals surface area (Å²) in [5.41, 5.74) is 0. The number of hydrogen-bond donors (Lipinski definition) is 4. The molecule has 0 aliphatic carbocycles. The largest absolute Gasteiger partial charge is 1.00 e. The molecule has 0 bridgehead atoms. The molecular formula is C10H8Na2O14. The van der Waals surface area contributed by atoms with E-state index in [1.165, 1.54) is 0 Å². The SMILES string of the molecule is O=C(OC(=O)C(O)C(O)C(=O)[O-])C(=O)OC(=O)C(O)C(O)C(=O)[O-].[Na+].[Na+]. The third-order valence-electron chi connectivity index (χ3n) is 2.12. The van der Waals surface area contributed by atoms with E-state index >= 15 is 0 Å². The average Bonchev–Trinajstić information content (AvgIpc) is 2.50. The molecule has 0 spiro atoms. The second-order valence-electron chi connectivity index (χ2n) is 3.83. The minimum atomic E-state index is -2.83. The zero-order valence-corrected chi connectivity index (χ0v) is 17.2. The molecule has 0 aliphatic rings. The topological polar surface area (TPSA) is 248 Å². The van der Waals surface area contributed by atoms with Crippen molar-refractivity contribution in [2.75, 3.05) is 0 Å². The first-order valence-corrected chi connectivity index (χ1v) is 5.55. The first-order valence-electron chi connectivity index (χ1n) is 5.55. The van der Waals surface area contributed by atoms with Crippen molar-refractivity contribution in [1.82, 2.24) is 0 Å². The molecule has 4 atom stereocenters. The second-order valence-corrected chi connectivity index (χ2v) is 3.83. The number of esters is 4. The quantitative estimate of drug-likeness (QED) is 0.140. The fourth-order valence-corrected chi connectivity index (χ4v) is 0.902. The molecule has 0 amide bonds. The Balaban J connectivity index is -0.00000264. The summed E-state index contributed by atoms with van der Waals surface area (Å²) in [7, 11) is 0. The molecule has 0 saturated carbocycles. The Labute approximate surface area is 187 Å². The van der Waals surface area contributed by atoms with Gasteiger partial charge < -0.3 is 49.7 Å². The minimum absolute atomic E-state index is 0. The van der Waals surface area contributed by atoms with Gasteiger partial charge >= 0.3 is 83.0 Å². The van der Waals surface area contributed by atoms with Gasteiger partial charge in [0.05, 0.1) is 11.9 Å². The van der Waals surface area contributed by atoms with E-state index in [1.54, 1.807) is 0 Å². The van der Waals surface area contributed by atoms with Crippen molar-refractivity contribution >= 4 is 35.8 Å². The normalized spacial score (nSPS) is 14.2. The Kier molecular flexibility index (Phi) is 15.2. The van der Waals surface area contributed by atoms with Gasteiger partial charge in [0.15, 0.2) is 12.2 Å². The van der Waals surface area contributed by atoms with Gasteiger partial charge in [-0.2, -0.15) is 0 Å². The number of hydrogen-bond acceptors (Lipinski definition) is 14. The summed E-state index contributed by atoms with van der Waals surface area (Å²) in [4.78, 5) is 64.3. The van der Waals surface area contributed by atoms with Crippen LogP contribution in [0.3, 0.4) is 0 Å². The van der Waals surface area contributed by atoms with Crippen LogP contribution in [0.15, 0.2) is 0 Å². The Morgan fingerprint density at radius 2 is 0.808 bits per heavy atom. The Bertz CT molecular complexity index is 524. The minimum Gasteiger partial charge on any atom is -0.547 e. The number of aliphatic carboxylic acids is 2. The Hall–Kier alpha value is -0.940. The van der Waals surface area contributed by atoms with Crippen molar-refractivity contribution in [3.05, 3.63) is 0 Å². The fourth-order valence-electron chi connectivity index (χ4n) is 0.902. The van der Waals surface area contributed by atoms with E-state index in [4.69, 9.17) is 20.4 Å². The molecule has 4 N–H and O–H groups in total. The maximum absolute atomic E-state index is 11.0. The van der Waals surface area contributed by atoms with Crippen molar-refractivity contribution in [1.29, 1.82) is 0 Å². The average molecular weight is 398 g/mol. The molecule has 16 heteroatoms. The number of aliphatic hydroxyl groups is 4. The van der Waals surface area contributed by atoms with Gasteiger partial charge in [-0.15, -0.1) is 0 Å². The van der Waals surface area contributed by atoms with Gasteiger partial charge in [0.1, 0.15) is 12.2 Å². The smallest absolute Gasteiger partial charge is 0.547 e. The predicted octanol–water partition coefficient (Wildman–Crippen LogP) is -13.9. The van der Waals surface area contributed by atoms with Crippen LogP contribution in [0.25, 0.3) is 0 Å². The number of carbonyl (C=O) groups excluding carboxylic acids is 6. The summed E-state index contributed by atoms with van der Waals surface area (Å²) in [6, 6.07) is 0. The van der Waals surface area contributed by atoms with Gasteiger partial charge in [0.25, 0.3) is 0 Å². The third kappa shape index (κ3) is 9.13. The van der Waals surface area contributed by atoms with Gasteiger partial charge in [-0.05, 0) is 0 Å². The van der Waals surface area contributed by atoms with Crippen molar-refractivity contribution < 1.29 is 128 Å². The van der Waals surface area contributed by atoms with Crippen LogP contribution in [-0.4, -0.2) is 80.7 Å². The van der Waals surface area contributed by atoms with Crippen LogP contribution in [-0.2, 0) is 38.2 Å². The molecule has 0 fully saturated rings. The van der Waals surface area contributed by atoms with Crippen molar-refractivity contribution in [3.8, 4) is 0 Å². The van der Waals surface area contributed by atoms with Crippen LogP contribution in [0.5, 0.6) is 0 Å².